The molecule has 4 bridgehead atoms. The van der Waals surface area contributed by atoms with Gasteiger partial charge >= 0.3 is 0 Å². The number of hydrogen-bond acceptors (Lipinski definition) is 1. The predicted octanol–water partition coefficient (Wildman–Crippen LogP) is 2.69. The highest BCUT2D eigenvalue weighted by atomic mass is 14.8. The smallest absolute Gasteiger partial charge is 0.0236 e. The van der Waals surface area contributed by atoms with Crippen molar-refractivity contribution in [2.45, 2.75) is 57.8 Å². The minimum absolute atomic E-state index is 0.169. The summed E-state index contributed by atoms with van der Waals surface area (Å²) in [5.41, 5.74) is 4.07. The molecule has 2 unspecified atom stereocenters. The Morgan fingerprint density at radius 1 is 1.08 bits per heavy atom. The zero-order chi connectivity index (χ0) is 14.3. The molecule has 0 radical (unpaired) electrons. The number of nitrogens with two attached hydrogens (primary N) is 1. The molecule has 4 fully saturated rings. The molecule has 0 spiro atoms. The lowest BCUT2D eigenvalue weighted by atomic mass is 9.46. The third-order valence-electron chi connectivity index (χ3n) is 4.11. The monoisotopic (exact) mass is 187 g/mol. The minimum Gasteiger partial charge on any atom is -0.325 e. The highest BCUT2D eigenvalue weighted by molar-refractivity contribution is 5.12. The van der Waals surface area contributed by atoms with Gasteiger partial charge in [-0.1, -0.05) is 13.7 Å². The fourth-order valence-corrected chi connectivity index (χ4v) is 4.51. The first-order valence-corrected chi connectivity index (χ1v) is 5.20. The molecular formula is C12H21N. The standard InChI is InChI=1S/C12H21N/c1-10-3-9-4-11(2,6-10)8-12(13,5-9)7-10/h9H,3-8,13H2,1-2H3/i1+1D3,2+1D3. The molecule has 74 valence electrons. The summed E-state index contributed by atoms with van der Waals surface area (Å²) in [6.45, 7) is -4.21. The third kappa shape index (κ3) is 1.09. The maximum atomic E-state index is 7.88. The van der Waals surface area contributed by atoms with Gasteiger partial charge in [0.05, 0.1) is 0 Å². The van der Waals surface area contributed by atoms with Crippen molar-refractivity contribution in [2.75, 3.05) is 0 Å². The molecule has 13 heavy (non-hydrogen) atoms. The van der Waals surface area contributed by atoms with E-state index >= 15 is 0 Å². The van der Waals surface area contributed by atoms with Gasteiger partial charge in [-0.15, -0.1) is 0 Å². The summed E-state index contributed by atoms with van der Waals surface area (Å²) < 4.78 is 47.3. The van der Waals surface area contributed by atoms with E-state index in [1.54, 1.807) is 0 Å². The molecule has 2 N–H and O–H groups in total. The van der Waals surface area contributed by atoms with Gasteiger partial charge in [-0.2, -0.15) is 0 Å². The molecule has 4 aliphatic rings. The summed E-state index contributed by atoms with van der Waals surface area (Å²) in [4.78, 5) is 0. The van der Waals surface area contributed by atoms with E-state index in [1.165, 1.54) is 0 Å². The van der Waals surface area contributed by atoms with Gasteiger partial charge in [0.1, 0.15) is 0 Å². The maximum absolute atomic E-state index is 7.88. The Bertz CT molecular complexity index is 381. The lowest BCUT2D eigenvalue weighted by molar-refractivity contribution is -0.104. The van der Waals surface area contributed by atoms with Crippen molar-refractivity contribution in [1.82, 2.24) is 0 Å². The zero-order valence-electron chi connectivity index (χ0n) is 13.9. The van der Waals surface area contributed by atoms with Gasteiger partial charge in [0.15, 0.2) is 0 Å². The van der Waals surface area contributed by atoms with Crippen LogP contribution >= 0.6 is 0 Å². The van der Waals surface area contributed by atoms with Crippen molar-refractivity contribution < 1.29 is 8.22 Å². The highest BCUT2D eigenvalue weighted by Gasteiger charge is 2.58. The van der Waals surface area contributed by atoms with Gasteiger partial charge < -0.3 is 5.73 Å². The van der Waals surface area contributed by atoms with Crippen LogP contribution in [0.3, 0.4) is 0 Å². The molecule has 0 aromatic carbocycles. The Kier molecular flexibility index (Phi) is 0.642. The quantitative estimate of drug-likeness (QED) is 0.580. The van der Waals surface area contributed by atoms with E-state index in [9.17, 15) is 0 Å². The molecule has 0 heterocycles. The summed E-state index contributed by atoms with van der Waals surface area (Å²) in [5.74, 6) is 0.169. The first-order chi connectivity index (χ1) is 8.41. The van der Waals surface area contributed by atoms with E-state index in [0.717, 1.165) is 6.42 Å². The Morgan fingerprint density at radius 3 is 2.15 bits per heavy atom. The van der Waals surface area contributed by atoms with Crippen molar-refractivity contribution in [1.29, 1.82) is 0 Å². The Balaban J connectivity index is 2.09. The molecule has 4 rings (SSSR count). The third-order valence-corrected chi connectivity index (χ3v) is 4.11. The van der Waals surface area contributed by atoms with E-state index in [2.05, 4.69) is 0 Å². The van der Waals surface area contributed by atoms with Crippen molar-refractivity contribution in [2.24, 2.45) is 22.5 Å². The second-order valence-electron chi connectivity index (χ2n) is 5.93. The van der Waals surface area contributed by atoms with Gasteiger partial charge in [-0.25, -0.2) is 0 Å². The predicted molar refractivity (Wildman–Crippen MR) is 54.3 cm³/mol. The van der Waals surface area contributed by atoms with Gasteiger partial charge in [0.2, 0.25) is 0 Å². The first-order valence-electron chi connectivity index (χ1n) is 8.20. The van der Waals surface area contributed by atoms with Crippen molar-refractivity contribution >= 4 is 0 Å². The van der Waals surface area contributed by atoms with Crippen LogP contribution in [0.15, 0.2) is 0 Å². The van der Waals surface area contributed by atoms with Crippen LogP contribution in [0.25, 0.3) is 0 Å². The van der Waals surface area contributed by atoms with Crippen LogP contribution in [0, 0.1) is 16.7 Å². The molecule has 0 aromatic heterocycles. The maximum Gasteiger partial charge on any atom is 0.0236 e. The molecular weight excluding hydrogens is 160 g/mol. The largest absolute Gasteiger partial charge is 0.325 e. The average Bonchev–Trinajstić information content (AvgIpc) is 2.09. The minimum atomic E-state index is -2.10. The lowest BCUT2D eigenvalue weighted by Crippen LogP contribution is -2.62. The normalized spacial score (nSPS) is 73.2. The molecule has 1 nitrogen and oxygen atoms in total. The molecule has 4 saturated carbocycles. The van der Waals surface area contributed by atoms with Crippen LogP contribution in [-0.2, 0) is 0 Å². The van der Waals surface area contributed by atoms with Crippen LogP contribution in [0.5, 0.6) is 0 Å². The fourth-order valence-electron chi connectivity index (χ4n) is 4.51. The van der Waals surface area contributed by atoms with Gasteiger partial charge in [-0.05, 0) is 55.3 Å². The van der Waals surface area contributed by atoms with E-state index in [0.29, 0.717) is 32.1 Å². The van der Waals surface area contributed by atoms with Crippen LogP contribution in [0.4, 0.5) is 0 Å². The molecule has 0 aromatic rings. The second kappa shape index (κ2) is 1.98. The van der Waals surface area contributed by atoms with Gasteiger partial charge in [0, 0.05) is 13.8 Å². The zero-order valence-corrected chi connectivity index (χ0v) is 7.90. The van der Waals surface area contributed by atoms with E-state index in [-0.39, 0.29) is 5.92 Å². The Morgan fingerprint density at radius 2 is 1.69 bits per heavy atom. The van der Waals surface area contributed by atoms with E-state index in [4.69, 9.17) is 14.0 Å². The van der Waals surface area contributed by atoms with Crippen molar-refractivity contribution in [3.8, 4) is 0 Å². The highest BCUT2D eigenvalue weighted by Crippen LogP contribution is 2.65. The van der Waals surface area contributed by atoms with Crippen LogP contribution < -0.4 is 5.73 Å². The first kappa shape index (κ1) is 4.22. The van der Waals surface area contributed by atoms with Gasteiger partial charge in [0.25, 0.3) is 0 Å². The van der Waals surface area contributed by atoms with E-state index < -0.39 is 30.1 Å². The van der Waals surface area contributed by atoms with Crippen LogP contribution in [0.2, 0.25) is 0 Å². The average molecular weight is 187 g/mol. The van der Waals surface area contributed by atoms with Crippen LogP contribution in [0.1, 0.15) is 60.5 Å². The SMILES string of the molecule is [2H][13C]([2H])([2H])C12CC3CC(N)(C1)CC([13C]([2H])([2H])[2H])(C3)C2. The summed E-state index contributed by atoms with van der Waals surface area (Å²) in [5, 5.41) is 0. The Hall–Kier alpha value is -0.0400. The van der Waals surface area contributed by atoms with E-state index in [1.807, 2.05) is 0 Å². The summed E-state index contributed by atoms with van der Waals surface area (Å²) in [6, 6.07) is 0. The molecule has 1 heteroatoms. The van der Waals surface area contributed by atoms with Crippen LogP contribution in [-0.4, -0.2) is 5.54 Å². The number of rotatable bonds is 0. The van der Waals surface area contributed by atoms with Crippen molar-refractivity contribution in [3.05, 3.63) is 0 Å². The molecule has 4 aliphatic carbocycles. The fraction of sp³-hybridized carbons (Fsp3) is 1.00. The second-order valence-corrected chi connectivity index (χ2v) is 5.93. The summed E-state index contributed by atoms with van der Waals surface area (Å²) >= 11 is 0. The molecule has 0 amide bonds. The number of hydrogen-bond donors (Lipinski definition) is 1. The lowest BCUT2D eigenvalue weighted by Gasteiger charge is -2.64. The Labute approximate surface area is 89.5 Å². The summed E-state index contributed by atoms with van der Waals surface area (Å²) in [6.07, 6.45) is 3.27. The molecule has 2 atom stereocenters. The molecule has 0 aliphatic heterocycles. The summed E-state index contributed by atoms with van der Waals surface area (Å²) in [7, 11) is 0. The van der Waals surface area contributed by atoms with Gasteiger partial charge in [-0.3, -0.25) is 0 Å². The topological polar surface area (TPSA) is 26.0 Å². The van der Waals surface area contributed by atoms with Crippen molar-refractivity contribution in [3.63, 3.8) is 0 Å². The molecule has 0 saturated heterocycles.